The molecule has 12 heteroatoms. The quantitative estimate of drug-likeness (QED) is 0.246. The lowest BCUT2D eigenvalue weighted by molar-refractivity contribution is 0.00570. The van der Waals surface area contributed by atoms with Crippen molar-refractivity contribution in [2.45, 2.75) is 55.1 Å². The number of pyridine rings is 1. The van der Waals surface area contributed by atoms with Crippen LogP contribution in [0.2, 0.25) is 0 Å². The molecule has 36 heavy (non-hydrogen) atoms. The van der Waals surface area contributed by atoms with Gasteiger partial charge in [0.05, 0.1) is 30.6 Å². The molecule has 2 aromatic heterocycles. The number of halogens is 3. The van der Waals surface area contributed by atoms with Gasteiger partial charge in [0.25, 0.3) is 0 Å². The summed E-state index contributed by atoms with van der Waals surface area (Å²) in [6.07, 6.45) is 2.18. The van der Waals surface area contributed by atoms with Gasteiger partial charge in [0.1, 0.15) is 11.7 Å². The summed E-state index contributed by atoms with van der Waals surface area (Å²) in [5.74, 6) is -4.20. The van der Waals surface area contributed by atoms with Crippen molar-refractivity contribution in [1.82, 2.24) is 20.0 Å². The standard InChI is InChI=1S/C24H29F3N4O4S/c1-12-4-5-28-8-14(12)23(24(2,3)35)36-11-18(33)21(22(34)19(36)10-32)31-9-17(29-30-31)13-6-15(25)20(27)16(26)7-13/h4-9,18-19,21-23,32-36H,10-11H2,1-3H3/t18-,19+,21-,22-,23?/m0/s1. The molecule has 196 valence electrons. The zero-order valence-electron chi connectivity index (χ0n) is 19.9. The summed E-state index contributed by atoms with van der Waals surface area (Å²) >= 11 is 0. The normalized spacial score (nSPS) is 26.7. The number of rotatable bonds is 6. The summed E-state index contributed by atoms with van der Waals surface area (Å²) in [6, 6.07) is 2.35. The third-order valence-electron chi connectivity index (χ3n) is 6.62. The van der Waals surface area contributed by atoms with E-state index in [9.17, 15) is 33.6 Å². The molecule has 8 nitrogen and oxygen atoms in total. The van der Waals surface area contributed by atoms with Crippen molar-refractivity contribution in [1.29, 1.82) is 0 Å². The maximum absolute atomic E-state index is 13.7. The van der Waals surface area contributed by atoms with Gasteiger partial charge < -0.3 is 20.4 Å². The zero-order chi connectivity index (χ0) is 26.4. The van der Waals surface area contributed by atoms with E-state index in [0.717, 1.165) is 23.3 Å². The molecule has 1 aliphatic heterocycles. The molecule has 0 bridgehead atoms. The monoisotopic (exact) mass is 526 g/mol. The molecule has 1 aromatic carbocycles. The molecule has 1 fully saturated rings. The van der Waals surface area contributed by atoms with Crippen molar-refractivity contribution >= 4 is 10.9 Å². The molecule has 4 N–H and O–H groups in total. The van der Waals surface area contributed by atoms with Crippen LogP contribution in [0.25, 0.3) is 11.3 Å². The fraction of sp³-hybridized carbons (Fsp3) is 0.458. The highest BCUT2D eigenvalue weighted by molar-refractivity contribution is 8.18. The van der Waals surface area contributed by atoms with E-state index < -0.39 is 69.3 Å². The number of aryl methyl sites for hydroxylation is 1. The SMILES string of the molecule is Cc1ccncc1C([SH]1C[C@H](O)[C@H](n2cc(-c3cc(F)c(F)c(F)c3)nn2)[C@@H](O)[C@H]1CO)C(C)(C)O. The molecule has 6 atom stereocenters. The van der Waals surface area contributed by atoms with Gasteiger partial charge in [-0.15, -0.1) is 5.10 Å². The lowest BCUT2D eigenvalue weighted by Gasteiger charge is -2.50. The van der Waals surface area contributed by atoms with Crippen LogP contribution < -0.4 is 0 Å². The number of aliphatic hydroxyl groups excluding tert-OH is 3. The first-order valence-electron chi connectivity index (χ1n) is 11.4. The fourth-order valence-corrected chi connectivity index (χ4v) is 8.67. The Balaban J connectivity index is 1.68. The molecule has 0 aliphatic carbocycles. The third-order valence-corrected chi connectivity index (χ3v) is 10.3. The van der Waals surface area contributed by atoms with E-state index in [0.29, 0.717) is 0 Å². The van der Waals surface area contributed by atoms with E-state index in [4.69, 9.17) is 0 Å². The molecule has 0 radical (unpaired) electrons. The Bertz CT molecular complexity index is 1220. The summed E-state index contributed by atoms with van der Waals surface area (Å²) in [6.45, 7) is 4.78. The van der Waals surface area contributed by atoms with Crippen molar-refractivity contribution < 1.29 is 33.6 Å². The zero-order valence-corrected chi connectivity index (χ0v) is 20.8. The van der Waals surface area contributed by atoms with Gasteiger partial charge in [0.2, 0.25) is 0 Å². The molecule has 2 unspecified atom stereocenters. The van der Waals surface area contributed by atoms with Gasteiger partial charge in [0, 0.05) is 34.2 Å². The second kappa shape index (κ2) is 10.1. The van der Waals surface area contributed by atoms with Crippen LogP contribution in [-0.2, 0) is 0 Å². The van der Waals surface area contributed by atoms with Crippen LogP contribution in [0, 0.1) is 24.4 Å². The van der Waals surface area contributed by atoms with Crippen LogP contribution in [-0.4, -0.2) is 75.8 Å². The van der Waals surface area contributed by atoms with Gasteiger partial charge in [-0.3, -0.25) is 4.98 Å². The Labute approximate surface area is 208 Å². The summed E-state index contributed by atoms with van der Waals surface area (Å²) in [5, 5.41) is 50.4. The number of aliphatic hydroxyl groups is 4. The van der Waals surface area contributed by atoms with E-state index in [2.05, 4.69) is 15.3 Å². The average Bonchev–Trinajstić information content (AvgIpc) is 3.27. The molecule has 1 aliphatic rings. The number of hydrogen-bond acceptors (Lipinski definition) is 7. The summed E-state index contributed by atoms with van der Waals surface area (Å²) in [7, 11) is -1.37. The van der Waals surface area contributed by atoms with Crippen molar-refractivity contribution in [3.63, 3.8) is 0 Å². The molecule has 3 aromatic rings. The number of nitrogens with zero attached hydrogens (tertiary/aromatic N) is 4. The second-order valence-corrected chi connectivity index (χ2v) is 12.2. The minimum atomic E-state index is -1.60. The van der Waals surface area contributed by atoms with Gasteiger partial charge in [-0.1, -0.05) is 5.21 Å². The molecule has 0 saturated carbocycles. The Morgan fingerprint density at radius 3 is 2.44 bits per heavy atom. The fourth-order valence-electron chi connectivity index (χ4n) is 4.94. The summed E-state index contributed by atoms with van der Waals surface area (Å²) in [5.41, 5.74) is 0.377. The molecular weight excluding hydrogens is 497 g/mol. The lowest BCUT2D eigenvalue weighted by atomic mass is 9.96. The molecule has 0 amide bonds. The minimum Gasteiger partial charge on any atom is -0.395 e. The van der Waals surface area contributed by atoms with Gasteiger partial charge in [-0.05, 0) is 50.1 Å². The average molecular weight is 527 g/mol. The topological polar surface area (TPSA) is 125 Å². The van der Waals surface area contributed by atoms with Crippen LogP contribution in [0.3, 0.4) is 0 Å². The van der Waals surface area contributed by atoms with Crippen LogP contribution in [0.15, 0.2) is 36.8 Å². The van der Waals surface area contributed by atoms with Crippen molar-refractivity contribution in [2.75, 3.05) is 12.4 Å². The number of benzene rings is 1. The highest BCUT2D eigenvalue weighted by atomic mass is 32.2. The predicted molar refractivity (Wildman–Crippen MR) is 129 cm³/mol. The van der Waals surface area contributed by atoms with Crippen molar-refractivity contribution in [3.05, 3.63) is 65.4 Å². The third kappa shape index (κ3) is 4.88. The molecule has 0 spiro atoms. The summed E-state index contributed by atoms with van der Waals surface area (Å²) < 4.78 is 41.9. The van der Waals surface area contributed by atoms with Gasteiger partial charge in [-0.25, -0.2) is 28.7 Å². The van der Waals surface area contributed by atoms with Gasteiger partial charge in [0.15, 0.2) is 17.5 Å². The molecule has 3 heterocycles. The van der Waals surface area contributed by atoms with Gasteiger partial charge in [-0.2, -0.15) is 0 Å². The van der Waals surface area contributed by atoms with Crippen LogP contribution in [0.1, 0.15) is 36.3 Å². The van der Waals surface area contributed by atoms with E-state index in [1.807, 2.05) is 13.0 Å². The smallest absolute Gasteiger partial charge is 0.194 e. The predicted octanol–water partition coefficient (Wildman–Crippen LogP) is 2.22. The first kappa shape index (κ1) is 26.6. The van der Waals surface area contributed by atoms with E-state index in [1.165, 1.54) is 10.9 Å². The number of thiol groups is 1. The number of hydrogen-bond donors (Lipinski definition) is 5. The van der Waals surface area contributed by atoms with Crippen LogP contribution in [0.4, 0.5) is 13.2 Å². The minimum absolute atomic E-state index is 0.0148. The molecule has 4 rings (SSSR count). The van der Waals surface area contributed by atoms with Crippen LogP contribution >= 0.6 is 10.9 Å². The maximum Gasteiger partial charge on any atom is 0.194 e. The number of aromatic nitrogens is 4. The van der Waals surface area contributed by atoms with E-state index in [-0.39, 0.29) is 17.0 Å². The van der Waals surface area contributed by atoms with E-state index in [1.54, 1.807) is 26.2 Å². The first-order chi connectivity index (χ1) is 16.9. The Kier molecular flexibility index (Phi) is 7.45. The van der Waals surface area contributed by atoms with Crippen molar-refractivity contribution in [3.8, 4) is 11.3 Å². The van der Waals surface area contributed by atoms with E-state index >= 15 is 0 Å². The highest BCUT2D eigenvalue weighted by Crippen LogP contribution is 2.57. The largest absolute Gasteiger partial charge is 0.395 e. The Morgan fingerprint density at radius 2 is 1.86 bits per heavy atom. The second-order valence-electron chi connectivity index (χ2n) is 9.62. The van der Waals surface area contributed by atoms with Crippen LogP contribution in [0.5, 0.6) is 0 Å². The first-order valence-corrected chi connectivity index (χ1v) is 13.0. The Morgan fingerprint density at radius 1 is 1.19 bits per heavy atom. The lowest BCUT2D eigenvalue weighted by Crippen LogP contribution is -2.52. The molecular formula is C24H29F3N4O4S. The Hall–Kier alpha value is -2.51. The highest BCUT2D eigenvalue weighted by Gasteiger charge is 2.49. The molecule has 1 saturated heterocycles. The summed E-state index contributed by atoms with van der Waals surface area (Å²) in [4.78, 5) is 4.19. The van der Waals surface area contributed by atoms with Crippen molar-refractivity contribution in [2.24, 2.45) is 0 Å². The van der Waals surface area contributed by atoms with Gasteiger partial charge >= 0.3 is 0 Å². The maximum atomic E-state index is 13.7.